The maximum absolute atomic E-state index is 11.1. The van der Waals surface area contributed by atoms with E-state index in [2.05, 4.69) is 25.8 Å². The topological polar surface area (TPSA) is 117 Å². The van der Waals surface area contributed by atoms with Crippen molar-refractivity contribution in [2.24, 2.45) is 0 Å². The summed E-state index contributed by atoms with van der Waals surface area (Å²) in [6.07, 6.45) is 2.57. The molecule has 8 nitrogen and oxygen atoms in total. The number of anilines is 2. The molecule has 1 heterocycles. The van der Waals surface area contributed by atoms with Crippen molar-refractivity contribution in [1.29, 1.82) is 0 Å². The number of aromatic nitrogens is 3. The van der Waals surface area contributed by atoms with Gasteiger partial charge in [-0.25, -0.2) is 4.98 Å². The van der Waals surface area contributed by atoms with Crippen LogP contribution in [0.5, 0.6) is 0 Å². The molecule has 18 heavy (non-hydrogen) atoms. The number of nitrogens with zero attached hydrogens (tertiary/aromatic N) is 3. The van der Waals surface area contributed by atoms with Crippen LogP contribution >= 0.6 is 0 Å². The van der Waals surface area contributed by atoms with E-state index < -0.39 is 10.1 Å². The lowest BCUT2D eigenvalue weighted by atomic mass is 10.3. The zero-order valence-electron chi connectivity index (χ0n) is 8.98. The molecule has 2 aromatic rings. The van der Waals surface area contributed by atoms with Crippen molar-refractivity contribution in [3.8, 4) is 0 Å². The molecule has 1 aromatic carbocycles. The van der Waals surface area contributed by atoms with E-state index in [1.807, 2.05) is 0 Å². The third-order valence-corrected chi connectivity index (χ3v) is 2.88. The molecule has 0 saturated heterocycles. The lowest BCUT2D eigenvalue weighted by molar-refractivity contribution is 0.483. The molecule has 0 aliphatic heterocycles. The number of hydrogen-bond acceptors (Lipinski definition) is 7. The highest BCUT2D eigenvalue weighted by Crippen LogP contribution is 2.19. The average molecular weight is 267 g/mol. The molecule has 0 atom stereocenters. The van der Waals surface area contributed by atoms with Crippen LogP contribution in [0.4, 0.5) is 11.6 Å². The summed E-state index contributed by atoms with van der Waals surface area (Å²) >= 11 is 0. The molecule has 0 aliphatic rings. The minimum absolute atomic E-state index is 0.181. The zero-order chi connectivity index (χ0) is 13.0. The lowest BCUT2D eigenvalue weighted by Crippen LogP contribution is -2.14. The Labute approximate surface area is 103 Å². The van der Waals surface area contributed by atoms with E-state index >= 15 is 0 Å². The number of benzene rings is 1. The van der Waals surface area contributed by atoms with Crippen molar-refractivity contribution in [2.45, 2.75) is 4.90 Å². The second-order valence-electron chi connectivity index (χ2n) is 3.18. The van der Waals surface area contributed by atoms with E-state index in [4.69, 9.17) is 4.55 Å². The predicted octanol–water partition coefficient (Wildman–Crippen LogP) is 0.557. The third-order valence-electron chi connectivity index (χ3n) is 1.97. The van der Waals surface area contributed by atoms with E-state index in [0.717, 1.165) is 0 Å². The molecule has 0 fully saturated rings. The first-order valence-electron chi connectivity index (χ1n) is 4.78. The molecule has 1 aromatic heterocycles. The first-order chi connectivity index (χ1) is 8.57. The Bertz CT molecular complexity index is 632. The Hall–Kier alpha value is -2.26. The van der Waals surface area contributed by atoms with Gasteiger partial charge in [0.05, 0.1) is 5.69 Å². The van der Waals surface area contributed by atoms with Gasteiger partial charge in [-0.05, 0) is 12.1 Å². The van der Waals surface area contributed by atoms with Gasteiger partial charge in [0.2, 0.25) is 5.95 Å². The van der Waals surface area contributed by atoms with Crippen molar-refractivity contribution >= 4 is 21.8 Å². The van der Waals surface area contributed by atoms with Gasteiger partial charge >= 0.3 is 0 Å². The molecular weight excluding hydrogens is 258 g/mol. The van der Waals surface area contributed by atoms with Crippen LogP contribution in [0.15, 0.2) is 41.8 Å². The van der Waals surface area contributed by atoms with E-state index in [0.29, 0.717) is 0 Å². The van der Waals surface area contributed by atoms with Crippen molar-refractivity contribution < 1.29 is 13.0 Å². The Morgan fingerprint density at radius 3 is 2.39 bits per heavy atom. The van der Waals surface area contributed by atoms with Crippen LogP contribution in [0.3, 0.4) is 0 Å². The van der Waals surface area contributed by atoms with Crippen molar-refractivity contribution in [1.82, 2.24) is 15.0 Å². The summed E-state index contributed by atoms with van der Waals surface area (Å²) in [7, 11) is -4.29. The van der Waals surface area contributed by atoms with Gasteiger partial charge in [0, 0.05) is 0 Å². The molecule has 3 N–H and O–H groups in total. The molecule has 0 saturated carbocycles. The van der Waals surface area contributed by atoms with Crippen molar-refractivity contribution in [2.75, 3.05) is 10.9 Å². The summed E-state index contributed by atoms with van der Waals surface area (Å²) in [4.78, 5) is 10.9. The molecule has 0 bridgehead atoms. The summed E-state index contributed by atoms with van der Waals surface area (Å²) in [5, 5.41) is 0. The summed E-state index contributed by atoms with van der Waals surface area (Å²) < 4.78 is 31.3. The first-order valence-corrected chi connectivity index (χ1v) is 6.22. The normalized spacial score (nSPS) is 10.9. The maximum atomic E-state index is 11.1. The van der Waals surface area contributed by atoms with Crippen LogP contribution in [-0.4, -0.2) is 27.9 Å². The number of hydrazine groups is 1. The van der Waals surface area contributed by atoms with Crippen molar-refractivity contribution in [3.05, 3.63) is 36.9 Å². The highest BCUT2D eigenvalue weighted by atomic mass is 32.2. The van der Waals surface area contributed by atoms with E-state index in [-0.39, 0.29) is 16.5 Å². The SMILES string of the molecule is O=S(=O)(O)c1ccccc1NNc1ncncn1. The molecule has 0 amide bonds. The molecule has 94 valence electrons. The quantitative estimate of drug-likeness (QED) is 0.543. The van der Waals surface area contributed by atoms with Gasteiger partial charge in [-0.3, -0.25) is 15.4 Å². The van der Waals surface area contributed by atoms with Crippen LogP contribution in [0, 0.1) is 0 Å². The van der Waals surface area contributed by atoms with Crippen LogP contribution in [-0.2, 0) is 10.1 Å². The standard InChI is InChI=1S/C9H9N5O3S/c15-18(16,17)8-4-2-1-3-7(8)13-14-9-11-5-10-6-12-9/h1-6,13H,(H,15,16,17)(H,10,11,12,14). The monoisotopic (exact) mass is 267 g/mol. The second kappa shape index (κ2) is 4.94. The molecule has 2 rings (SSSR count). The average Bonchev–Trinajstić information content (AvgIpc) is 2.37. The number of nitrogens with one attached hydrogen (secondary N) is 2. The van der Waals surface area contributed by atoms with Gasteiger partial charge in [-0.2, -0.15) is 18.4 Å². The smallest absolute Gasteiger partial charge is 0.296 e. The molecule has 9 heteroatoms. The van der Waals surface area contributed by atoms with Gasteiger partial charge in [-0.1, -0.05) is 12.1 Å². The van der Waals surface area contributed by atoms with Crippen LogP contribution < -0.4 is 10.9 Å². The van der Waals surface area contributed by atoms with Gasteiger partial charge < -0.3 is 0 Å². The fourth-order valence-corrected chi connectivity index (χ4v) is 1.87. The second-order valence-corrected chi connectivity index (χ2v) is 4.57. The summed E-state index contributed by atoms with van der Waals surface area (Å²) in [5.41, 5.74) is 5.36. The largest absolute Gasteiger partial charge is 0.297 e. The zero-order valence-corrected chi connectivity index (χ0v) is 9.79. The minimum atomic E-state index is -4.29. The Kier molecular flexibility index (Phi) is 3.35. The fourth-order valence-electron chi connectivity index (χ4n) is 1.22. The first kappa shape index (κ1) is 12.2. The summed E-state index contributed by atoms with van der Waals surface area (Å²) in [6, 6.07) is 5.87. The minimum Gasteiger partial charge on any atom is -0.297 e. The number of hydrogen-bond donors (Lipinski definition) is 3. The van der Waals surface area contributed by atoms with E-state index in [1.54, 1.807) is 6.07 Å². The lowest BCUT2D eigenvalue weighted by Gasteiger charge is -2.10. The van der Waals surface area contributed by atoms with Crippen LogP contribution in [0.1, 0.15) is 0 Å². The van der Waals surface area contributed by atoms with Crippen LogP contribution in [0.2, 0.25) is 0 Å². The number of rotatable bonds is 4. The highest BCUT2D eigenvalue weighted by molar-refractivity contribution is 7.86. The Morgan fingerprint density at radius 2 is 1.72 bits per heavy atom. The van der Waals surface area contributed by atoms with Gasteiger partial charge in [0.25, 0.3) is 10.1 Å². The predicted molar refractivity (Wildman–Crippen MR) is 63.3 cm³/mol. The highest BCUT2D eigenvalue weighted by Gasteiger charge is 2.14. The Balaban J connectivity index is 2.20. The molecule has 0 aliphatic carbocycles. The van der Waals surface area contributed by atoms with Gasteiger partial charge in [0.15, 0.2) is 0 Å². The molecule has 0 unspecified atom stereocenters. The summed E-state index contributed by atoms with van der Waals surface area (Å²) in [5.74, 6) is 0.218. The van der Waals surface area contributed by atoms with E-state index in [1.165, 1.54) is 30.9 Å². The van der Waals surface area contributed by atoms with Gasteiger partial charge in [-0.15, -0.1) is 0 Å². The van der Waals surface area contributed by atoms with Crippen molar-refractivity contribution in [3.63, 3.8) is 0 Å². The number of para-hydroxylation sites is 1. The molecule has 0 spiro atoms. The van der Waals surface area contributed by atoms with E-state index in [9.17, 15) is 8.42 Å². The molecule has 0 radical (unpaired) electrons. The third kappa shape index (κ3) is 2.90. The fraction of sp³-hybridized carbons (Fsp3) is 0. The summed E-state index contributed by atoms with van der Waals surface area (Å²) in [6.45, 7) is 0. The van der Waals surface area contributed by atoms with Gasteiger partial charge in [0.1, 0.15) is 17.6 Å². The maximum Gasteiger partial charge on any atom is 0.296 e. The van der Waals surface area contributed by atoms with Crippen LogP contribution in [0.25, 0.3) is 0 Å². The Morgan fingerprint density at radius 1 is 1.06 bits per heavy atom. The molecular formula is C9H9N5O3S.